The van der Waals surface area contributed by atoms with E-state index in [4.69, 9.17) is 0 Å². The smallest absolute Gasteiger partial charge is 0.253 e. The van der Waals surface area contributed by atoms with Gasteiger partial charge in [0.15, 0.2) is 0 Å². The third-order valence-electron chi connectivity index (χ3n) is 17.5. The minimum Gasteiger partial charge on any atom is -0.310 e. The van der Waals surface area contributed by atoms with Gasteiger partial charge in [0.1, 0.15) is 0 Å². The summed E-state index contributed by atoms with van der Waals surface area (Å²) in [5.74, 6) is 0. The van der Waals surface area contributed by atoms with Gasteiger partial charge in [-0.05, 0) is 104 Å². The van der Waals surface area contributed by atoms with Crippen molar-refractivity contribution < 1.29 is 0 Å². The van der Waals surface area contributed by atoms with E-state index >= 15 is 0 Å². The number of benzene rings is 11. The lowest BCUT2D eigenvalue weighted by molar-refractivity contribution is 1.14. The van der Waals surface area contributed by atoms with Crippen molar-refractivity contribution in [3.8, 4) is 45.0 Å². The van der Waals surface area contributed by atoms with Crippen molar-refractivity contribution in [2.75, 3.05) is 0 Å². The highest BCUT2D eigenvalue weighted by Crippen LogP contribution is 2.46. The van der Waals surface area contributed by atoms with Crippen LogP contribution >= 0.6 is 0 Å². The highest BCUT2D eigenvalue weighted by molar-refractivity contribution is 7.05. The van der Waals surface area contributed by atoms with Gasteiger partial charge in [0.25, 0.3) is 13.4 Å². The normalized spacial score (nSPS) is 13.5. The van der Waals surface area contributed by atoms with Crippen molar-refractivity contribution in [3.05, 3.63) is 218 Å². The fraction of sp³-hybridized carbons (Fsp3) is 0. The highest BCUT2D eigenvalue weighted by atomic mass is 15.1. The largest absolute Gasteiger partial charge is 0.310 e. The first-order valence-corrected chi connectivity index (χ1v) is 25.3. The molecule has 4 nitrogen and oxygen atoms in total. The summed E-state index contributed by atoms with van der Waals surface area (Å²) in [6.07, 6.45) is 0. The van der Waals surface area contributed by atoms with Gasteiger partial charge in [-0.2, -0.15) is 0 Å². The summed E-state index contributed by atoms with van der Waals surface area (Å²) in [7, 11) is 0. The molecule has 0 unspecified atom stereocenters. The Labute approximate surface area is 413 Å². The fourth-order valence-electron chi connectivity index (χ4n) is 15.0. The van der Waals surface area contributed by atoms with E-state index in [0.29, 0.717) is 0 Å². The molecule has 4 aliphatic rings. The molecule has 326 valence electrons. The minimum atomic E-state index is -0.0436. The maximum Gasteiger partial charge on any atom is 0.253 e. The van der Waals surface area contributed by atoms with E-state index in [1.807, 2.05) is 0 Å². The first-order valence-electron chi connectivity index (χ1n) is 25.3. The van der Waals surface area contributed by atoms with Crippen LogP contribution in [0.25, 0.3) is 132 Å². The first-order chi connectivity index (χ1) is 35.8. The Morgan fingerprint density at radius 1 is 0.236 bits per heavy atom. The molecular formula is C66H36B2N4. The minimum absolute atomic E-state index is 0.0436. The van der Waals surface area contributed by atoms with E-state index in [9.17, 15) is 0 Å². The van der Waals surface area contributed by atoms with Crippen LogP contribution in [0.5, 0.6) is 0 Å². The van der Waals surface area contributed by atoms with Gasteiger partial charge in [-0.1, -0.05) is 170 Å². The number of nitrogens with zero attached hydrogens (tertiary/aromatic N) is 4. The molecule has 0 atom stereocenters. The summed E-state index contributed by atoms with van der Waals surface area (Å²) >= 11 is 0. The lowest BCUT2D eigenvalue weighted by atomic mass is 9.31. The van der Waals surface area contributed by atoms with E-state index in [1.54, 1.807) is 0 Å². The van der Waals surface area contributed by atoms with Crippen molar-refractivity contribution in [1.82, 2.24) is 18.3 Å². The molecular weight excluding hydrogens is 870 g/mol. The summed E-state index contributed by atoms with van der Waals surface area (Å²) in [4.78, 5) is 0. The average Bonchev–Trinajstić information content (AvgIpc) is 4.19. The Kier molecular flexibility index (Phi) is 6.40. The number of rotatable bonds is 2. The molecule has 8 heterocycles. The molecule has 0 fully saturated rings. The van der Waals surface area contributed by atoms with Gasteiger partial charge in [0, 0.05) is 87.9 Å². The summed E-state index contributed by atoms with van der Waals surface area (Å²) in [6.45, 7) is -0.0873. The average molecular weight is 907 g/mol. The van der Waals surface area contributed by atoms with E-state index < -0.39 is 0 Å². The molecule has 4 aliphatic heterocycles. The number of aromatic nitrogens is 4. The molecule has 0 saturated heterocycles. The van der Waals surface area contributed by atoms with Gasteiger partial charge in [0.05, 0.1) is 22.1 Å². The van der Waals surface area contributed by atoms with E-state index in [2.05, 4.69) is 237 Å². The van der Waals surface area contributed by atoms with Gasteiger partial charge in [-0.25, -0.2) is 0 Å². The molecule has 0 radical (unpaired) electrons. The zero-order chi connectivity index (χ0) is 46.2. The van der Waals surface area contributed by atoms with E-state index in [1.165, 1.54) is 165 Å². The maximum atomic E-state index is 2.70. The lowest BCUT2D eigenvalue weighted by Crippen LogP contribution is -2.62. The van der Waals surface area contributed by atoms with Crippen LogP contribution in [0.4, 0.5) is 0 Å². The first kappa shape index (κ1) is 36.7. The Bertz CT molecular complexity index is 4730. The molecule has 19 rings (SSSR count). The van der Waals surface area contributed by atoms with Crippen molar-refractivity contribution >= 4 is 133 Å². The SMILES string of the molecule is c1ccc(-c2cc3c4c(c2)-n2c5ccccc5c5c6c7c(c(c52)B4c2cccc4c5ccccc5n-3c24)c2ccccc2n7-c2cc(-c3ccccc3)cc3c2B6c2cccc4c5ccccc5n-3c24)cc1. The van der Waals surface area contributed by atoms with Crippen LogP contribution in [0.15, 0.2) is 218 Å². The molecule has 6 heteroatoms. The van der Waals surface area contributed by atoms with Gasteiger partial charge >= 0.3 is 0 Å². The van der Waals surface area contributed by atoms with Crippen molar-refractivity contribution in [2.45, 2.75) is 0 Å². The molecule has 0 bridgehead atoms. The highest BCUT2D eigenvalue weighted by Gasteiger charge is 2.48. The maximum absolute atomic E-state index is 2.70. The predicted molar refractivity (Wildman–Crippen MR) is 304 cm³/mol. The van der Waals surface area contributed by atoms with Crippen LogP contribution < -0.4 is 32.8 Å². The molecule has 0 aliphatic carbocycles. The van der Waals surface area contributed by atoms with Crippen molar-refractivity contribution in [1.29, 1.82) is 0 Å². The lowest BCUT2D eigenvalue weighted by Gasteiger charge is -2.37. The van der Waals surface area contributed by atoms with Gasteiger partial charge < -0.3 is 18.3 Å². The van der Waals surface area contributed by atoms with Crippen LogP contribution in [0, 0.1) is 0 Å². The van der Waals surface area contributed by atoms with Crippen LogP contribution in [0.3, 0.4) is 0 Å². The third-order valence-corrected chi connectivity index (χ3v) is 17.5. The Balaban J connectivity index is 1.08. The summed E-state index contributed by atoms with van der Waals surface area (Å²) in [5.41, 5.74) is 28.5. The van der Waals surface area contributed by atoms with Gasteiger partial charge in [-0.15, -0.1) is 0 Å². The second-order valence-electron chi connectivity index (χ2n) is 20.6. The van der Waals surface area contributed by atoms with Crippen molar-refractivity contribution in [3.63, 3.8) is 0 Å². The molecule has 0 saturated carbocycles. The third kappa shape index (κ3) is 4.07. The molecule has 11 aromatic carbocycles. The quantitative estimate of drug-likeness (QED) is 0.154. The van der Waals surface area contributed by atoms with Crippen LogP contribution in [0.2, 0.25) is 0 Å². The molecule has 15 aromatic rings. The summed E-state index contributed by atoms with van der Waals surface area (Å²) < 4.78 is 10.6. The Morgan fingerprint density at radius 2 is 0.556 bits per heavy atom. The molecule has 0 spiro atoms. The Hall–Kier alpha value is -9.25. The molecule has 0 N–H and O–H groups in total. The molecule has 72 heavy (non-hydrogen) atoms. The standard InChI is InChI=1S/C66H36B2N4/c1-3-17-37(18-4-1)39-33-53-59-55(35-39)71-51-31-13-9-23-45(51)57-62-66-58(61(65(57)71)67(59)47-27-15-25-43-41-21-7-11-29-49(41)69(53)63(43)47)46-24-10-14-32-52(46)72(66)56-36-40(38-19-5-2-6-20-38)34-54-60(56)68(62)48-28-16-26-44-42-22-8-12-30-50(42)70(54)64(44)48/h1-36H. The van der Waals surface area contributed by atoms with E-state index in [0.717, 1.165) is 0 Å². The second kappa shape index (κ2) is 12.6. The number of hydrogen-bond acceptors (Lipinski definition) is 0. The summed E-state index contributed by atoms with van der Waals surface area (Å²) in [6, 6.07) is 83.1. The summed E-state index contributed by atoms with van der Waals surface area (Å²) in [5, 5.41) is 10.5. The number of fused-ring (bicyclic) bond motifs is 22. The monoisotopic (exact) mass is 906 g/mol. The topological polar surface area (TPSA) is 19.7 Å². The zero-order valence-corrected chi connectivity index (χ0v) is 38.7. The number of hydrogen-bond donors (Lipinski definition) is 0. The van der Waals surface area contributed by atoms with Crippen LogP contribution in [-0.2, 0) is 0 Å². The zero-order valence-electron chi connectivity index (χ0n) is 38.7. The van der Waals surface area contributed by atoms with Crippen molar-refractivity contribution in [2.24, 2.45) is 0 Å². The van der Waals surface area contributed by atoms with Gasteiger partial charge in [0.2, 0.25) is 0 Å². The molecule has 0 amide bonds. The second-order valence-corrected chi connectivity index (χ2v) is 20.6. The fourth-order valence-corrected chi connectivity index (χ4v) is 15.0. The van der Waals surface area contributed by atoms with Gasteiger partial charge in [-0.3, -0.25) is 0 Å². The Morgan fingerprint density at radius 3 is 0.958 bits per heavy atom. The molecule has 4 aromatic heterocycles. The van der Waals surface area contributed by atoms with E-state index in [-0.39, 0.29) is 13.4 Å². The number of para-hydroxylation sites is 6. The van der Waals surface area contributed by atoms with Crippen LogP contribution in [-0.4, -0.2) is 31.7 Å². The predicted octanol–water partition coefficient (Wildman–Crippen LogP) is 11.7. The van der Waals surface area contributed by atoms with Crippen LogP contribution in [0.1, 0.15) is 0 Å².